The maximum absolute atomic E-state index is 14.1. The molecule has 3 rings (SSSR count). The molecule has 0 fully saturated rings. The minimum Gasteiger partial charge on any atom is -0.369 e. The van der Waals surface area contributed by atoms with Crippen LogP contribution in [0.5, 0.6) is 0 Å². The number of hydrogen-bond acceptors (Lipinski definition) is 3. The van der Waals surface area contributed by atoms with Crippen LogP contribution in [0.1, 0.15) is 11.6 Å². The smallest absolute Gasteiger partial charge is 0.196 e. The number of nitrogens with two attached hydrogens (primary N) is 1. The van der Waals surface area contributed by atoms with Crippen LogP contribution in [0.4, 0.5) is 10.1 Å². The summed E-state index contributed by atoms with van der Waals surface area (Å²) in [6.45, 7) is 0.418. The van der Waals surface area contributed by atoms with Crippen LogP contribution in [-0.4, -0.2) is 12.5 Å². The van der Waals surface area contributed by atoms with Crippen LogP contribution in [0.2, 0.25) is 10.0 Å². The molecule has 0 aromatic heterocycles. The van der Waals surface area contributed by atoms with Gasteiger partial charge in [0.2, 0.25) is 0 Å². The molecule has 21 heavy (non-hydrogen) atoms. The number of rotatable bonds is 2. The molecule has 0 radical (unpaired) electrons. The molecule has 0 saturated heterocycles. The fraction of sp³-hybridized carbons (Fsp3) is 0.133. The van der Waals surface area contributed by atoms with Crippen LogP contribution in [-0.2, 0) is 0 Å². The Morgan fingerprint density at radius 3 is 2.67 bits per heavy atom. The van der Waals surface area contributed by atoms with Gasteiger partial charge in [-0.25, -0.2) is 4.39 Å². The molecule has 1 aliphatic heterocycles. The first-order valence-electron chi connectivity index (χ1n) is 6.36. The number of nitrogens with zero attached hydrogens (tertiary/aromatic N) is 2. The Kier molecular flexibility index (Phi) is 3.74. The molecule has 3 nitrogen and oxygen atoms in total. The van der Waals surface area contributed by atoms with E-state index in [1.165, 1.54) is 6.07 Å². The lowest BCUT2D eigenvalue weighted by Gasteiger charge is -2.27. The van der Waals surface area contributed by atoms with Crippen molar-refractivity contribution >= 4 is 34.8 Å². The van der Waals surface area contributed by atoms with Crippen LogP contribution in [0.15, 0.2) is 47.5 Å². The Labute approximate surface area is 131 Å². The van der Waals surface area contributed by atoms with E-state index in [4.69, 9.17) is 28.9 Å². The number of para-hydroxylation sites is 1. The van der Waals surface area contributed by atoms with Crippen LogP contribution >= 0.6 is 23.2 Å². The quantitative estimate of drug-likeness (QED) is 0.907. The van der Waals surface area contributed by atoms with Gasteiger partial charge in [0.1, 0.15) is 5.82 Å². The zero-order chi connectivity index (χ0) is 15.0. The van der Waals surface area contributed by atoms with Crippen molar-refractivity contribution in [2.45, 2.75) is 6.04 Å². The molecule has 108 valence electrons. The summed E-state index contributed by atoms with van der Waals surface area (Å²) in [4.78, 5) is 5.88. The van der Waals surface area contributed by atoms with Crippen molar-refractivity contribution in [3.63, 3.8) is 0 Å². The van der Waals surface area contributed by atoms with Gasteiger partial charge in [0.15, 0.2) is 5.96 Å². The summed E-state index contributed by atoms with van der Waals surface area (Å²) in [5.74, 6) is -0.0799. The maximum atomic E-state index is 14.1. The fourth-order valence-corrected chi connectivity index (χ4v) is 2.98. The predicted molar refractivity (Wildman–Crippen MR) is 84.6 cm³/mol. The summed E-state index contributed by atoms with van der Waals surface area (Å²) in [7, 11) is 0. The SMILES string of the molecule is NC1=NCC(c2ccc(Cl)cc2Cl)N1c1ccccc1F. The van der Waals surface area contributed by atoms with Crippen molar-refractivity contribution in [1.82, 2.24) is 0 Å². The Morgan fingerprint density at radius 2 is 1.95 bits per heavy atom. The summed E-state index contributed by atoms with van der Waals surface area (Å²) < 4.78 is 14.1. The molecule has 2 N–H and O–H groups in total. The molecule has 6 heteroatoms. The first-order valence-corrected chi connectivity index (χ1v) is 7.12. The lowest BCUT2D eigenvalue weighted by molar-refractivity contribution is 0.619. The highest BCUT2D eigenvalue weighted by Gasteiger charge is 2.31. The first kappa shape index (κ1) is 14.2. The van der Waals surface area contributed by atoms with E-state index in [1.807, 2.05) is 6.07 Å². The predicted octanol–water partition coefficient (Wildman–Crippen LogP) is 4.01. The number of guanidine groups is 1. The second-order valence-corrected chi connectivity index (χ2v) is 5.55. The largest absolute Gasteiger partial charge is 0.369 e. The fourth-order valence-electron chi connectivity index (χ4n) is 2.45. The van der Waals surface area contributed by atoms with E-state index in [-0.39, 0.29) is 17.8 Å². The van der Waals surface area contributed by atoms with Gasteiger partial charge >= 0.3 is 0 Å². The average Bonchev–Trinajstić information content (AvgIpc) is 2.81. The van der Waals surface area contributed by atoms with Crippen molar-refractivity contribution in [1.29, 1.82) is 0 Å². The monoisotopic (exact) mass is 323 g/mol. The first-order chi connectivity index (χ1) is 10.1. The standard InChI is InChI=1S/C15H12Cl2FN3/c16-9-5-6-10(11(17)7-9)14-8-20-15(19)21(14)13-4-2-1-3-12(13)18/h1-7,14H,8H2,(H2,19,20). The molecule has 2 aromatic rings. The van der Waals surface area contributed by atoms with Crippen molar-refractivity contribution in [3.8, 4) is 0 Å². The molecular weight excluding hydrogens is 312 g/mol. The lowest BCUT2D eigenvalue weighted by atomic mass is 10.1. The number of aliphatic imine (C=N–C) groups is 1. The van der Waals surface area contributed by atoms with E-state index in [0.717, 1.165) is 5.56 Å². The lowest BCUT2D eigenvalue weighted by Crippen LogP contribution is -2.36. The zero-order valence-corrected chi connectivity index (χ0v) is 12.4. The van der Waals surface area contributed by atoms with Crippen LogP contribution in [0.3, 0.4) is 0 Å². The Hall–Kier alpha value is -1.78. The summed E-state index contributed by atoms with van der Waals surface area (Å²) >= 11 is 12.2. The summed E-state index contributed by atoms with van der Waals surface area (Å²) in [6, 6.07) is 11.4. The maximum Gasteiger partial charge on any atom is 0.196 e. The van der Waals surface area contributed by atoms with E-state index in [0.29, 0.717) is 22.3 Å². The van der Waals surface area contributed by atoms with E-state index in [2.05, 4.69) is 4.99 Å². The second-order valence-electron chi connectivity index (χ2n) is 4.70. The number of benzene rings is 2. The third-order valence-electron chi connectivity index (χ3n) is 3.42. The molecule has 0 saturated carbocycles. The molecule has 2 aromatic carbocycles. The average molecular weight is 324 g/mol. The number of hydrogen-bond donors (Lipinski definition) is 1. The van der Waals surface area contributed by atoms with Crippen molar-refractivity contribution in [2.24, 2.45) is 10.7 Å². The molecule has 0 spiro atoms. The highest BCUT2D eigenvalue weighted by molar-refractivity contribution is 6.35. The van der Waals surface area contributed by atoms with Crippen molar-refractivity contribution in [3.05, 3.63) is 63.9 Å². The Bertz CT molecular complexity index is 718. The van der Waals surface area contributed by atoms with Crippen LogP contribution < -0.4 is 10.6 Å². The summed E-state index contributed by atoms with van der Waals surface area (Å²) in [5, 5.41) is 1.06. The summed E-state index contributed by atoms with van der Waals surface area (Å²) in [5.41, 5.74) is 7.12. The molecule has 1 atom stereocenters. The van der Waals surface area contributed by atoms with E-state index < -0.39 is 0 Å². The Morgan fingerprint density at radius 1 is 1.19 bits per heavy atom. The molecule has 1 aliphatic rings. The van der Waals surface area contributed by atoms with Gasteiger partial charge in [0, 0.05) is 10.0 Å². The van der Waals surface area contributed by atoms with Gasteiger partial charge in [-0.15, -0.1) is 0 Å². The van der Waals surface area contributed by atoms with Gasteiger partial charge < -0.3 is 10.6 Å². The molecule has 1 heterocycles. The van der Waals surface area contributed by atoms with E-state index in [1.54, 1.807) is 35.2 Å². The summed E-state index contributed by atoms with van der Waals surface area (Å²) in [6.07, 6.45) is 0. The van der Waals surface area contributed by atoms with Crippen molar-refractivity contribution < 1.29 is 4.39 Å². The molecule has 1 unspecified atom stereocenters. The molecule has 0 aliphatic carbocycles. The van der Waals surface area contributed by atoms with Gasteiger partial charge in [-0.05, 0) is 29.8 Å². The van der Waals surface area contributed by atoms with Crippen LogP contribution in [0.25, 0.3) is 0 Å². The van der Waals surface area contributed by atoms with Gasteiger partial charge in [-0.2, -0.15) is 0 Å². The topological polar surface area (TPSA) is 41.6 Å². The van der Waals surface area contributed by atoms with E-state index >= 15 is 0 Å². The highest BCUT2D eigenvalue weighted by Crippen LogP contribution is 2.36. The Balaban J connectivity index is 2.05. The number of anilines is 1. The van der Waals surface area contributed by atoms with Gasteiger partial charge in [0.05, 0.1) is 18.3 Å². The van der Waals surface area contributed by atoms with Crippen molar-refractivity contribution in [2.75, 3.05) is 11.4 Å². The molecule has 0 amide bonds. The number of halogens is 3. The third-order valence-corrected chi connectivity index (χ3v) is 3.98. The third kappa shape index (κ3) is 2.57. The van der Waals surface area contributed by atoms with Crippen LogP contribution in [0, 0.1) is 5.82 Å². The van der Waals surface area contributed by atoms with Gasteiger partial charge in [-0.3, -0.25) is 4.99 Å². The van der Waals surface area contributed by atoms with E-state index in [9.17, 15) is 4.39 Å². The molecular formula is C15H12Cl2FN3. The molecule has 0 bridgehead atoms. The minimum absolute atomic E-state index is 0.244. The zero-order valence-electron chi connectivity index (χ0n) is 10.9. The van der Waals surface area contributed by atoms with Gasteiger partial charge in [-0.1, -0.05) is 41.4 Å². The van der Waals surface area contributed by atoms with Gasteiger partial charge in [0.25, 0.3) is 0 Å². The second kappa shape index (κ2) is 5.54. The highest BCUT2D eigenvalue weighted by atomic mass is 35.5. The normalized spacial score (nSPS) is 18.0. The minimum atomic E-state index is -0.354.